The molecule has 1 aliphatic rings. The minimum absolute atomic E-state index is 0.189. The Bertz CT molecular complexity index is 680. The molecule has 2 aromatic rings. The molecule has 1 unspecified atom stereocenters. The second-order valence-corrected chi connectivity index (χ2v) is 6.00. The number of fused-ring (bicyclic) bond motifs is 1. The maximum Gasteiger partial charge on any atom is 0.355 e. The second-order valence-electron chi connectivity index (χ2n) is 6.00. The number of esters is 1. The normalized spacial score (nSPS) is 19.7. The number of ether oxygens (including phenoxy) is 1. The SMILES string of the molecule is COC(=O)c1cccc2nnc(C3CCCCN3C(C)C)n12. The molecule has 1 fully saturated rings. The van der Waals surface area contributed by atoms with E-state index in [2.05, 4.69) is 28.9 Å². The highest BCUT2D eigenvalue weighted by atomic mass is 16.5. The topological polar surface area (TPSA) is 59.7 Å². The first-order valence-corrected chi connectivity index (χ1v) is 7.81. The molecule has 0 radical (unpaired) electrons. The number of methoxy groups -OCH3 is 1. The van der Waals surface area contributed by atoms with Crippen molar-refractivity contribution in [3.63, 3.8) is 0 Å². The molecule has 0 amide bonds. The lowest BCUT2D eigenvalue weighted by atomic mass is 9.99. The third-order valence-corrected chi connectivity index (χ3v) is 4.35. The van der Waals surface area contributed by atoms with Crippen LogP contribution in [0.4, 0.5) is 0 Å². The Balaban J connectivity index is 2.12. The number of carbonyl (C=O) groups is 1. The van der Waals surface area contributed by atoms with E-state index < -0.39 is 0 Å². The first-order valence-electron chi connectivity index (χ1n) is 7.81. The van der Waals surface area contributed by atoms with Crippen molar-refractivity contribution < 1.29 is 9.53 Å². The molecule has 0 N–H and O–H groups in total. The maximum absolute atomic E-state index is 12.1. The standard InChI is InChI=1S/C16H22N4O2/c1-11(2)19-10-5-4-7-12(19)15-18-17-14-9-6-8-13(20(14)15)16(21)22-3/h6,8-9,11-12H,4-5,7,10H2,1-3H3. The van der Waals surface area contributed by atoms with Crippen LogP contribution in [0.2, 0.25) is 0 Å². The molecule has 0 saturated carbocycles. The molecular weight excluding hydrogens is 280 g/mol. The van der Waals surface area contributed by atoms with Gasteiger partial charge in [-0.15, -0.1) is 10.2 Å². The van der Waals surface area contributed by atoms with Gasteiger partial charge in [-0.25, -0.2) is 4.79 Å². The molecule has 0 aliphatic carbocycles. The van der Waals surface area contributed by atoms with Crippen molar-refractivity contribution in [2.45, 2.75) is 45.2 Å². The number of likely N-dealkylation sites (tertiary alicyclic amines) is 1. The van der Waals surface area contributed by atoms with E-state index in [1.807, 2.05) is 10.5 Å². The molecule has 22 heavy (non-hydrogen) atoms. The number of pyridine rings is 1. The van der Waals surface area contributed by atoms with Gasteiger partial charge in [-0.3, -0.25) is 9.30 Å². The lowest BCUT2D eigenvalue weighted by molar-refractivity contribution is 0.0589. The van der Waals surface area contributed by atoms with Crippen LogP contribution in [0.3, 0.4) is 0 Å². The first kappa shape index (κ1) is 15.0. The van der Waals surface area contributed by atoms with E-state index in [-0.39, 0.29) is 12.0 Å². The van der Waals surface area contributed by atoms with Crippen LogP contribution in [0.25, 0.3) is 5.65 Å². The zero-order chi connectivity index (χ0) is 15.7. The highest BCUT2D eigenvalue weighted by Gasteiger charge is 2.30. The van der Waals surface area contributed by atoms with E-state index in [1.54, 1.807) is 12.1 Å². The van der Waals surface area contributed by atoms with Crippen molar-refractivity contribution in [1.82, 2.24) is 19.5 Å². The molecule has 0 aromatic carbocycles. The van der Waals surface area contributed by atoms with Gasteiger partial charge in [-0.1, -0.05) is 12.5 Å². The second kappa shape index (κ2) is 6.04. The summed E-state index contributed by atoms with van der Waals surface area (Å²) in [5.41, 5.74) is 1.17. The highest BCUT2D eigenvalue weighted by molar-refractivity contribution is 5.88. The summed E-state index contributed by atoms with van der Waals surface area (Å²) >= 11 is 0. The van der Waals surface area contributed by atoms with E-state index in [0.717, 1.165) is 18.8 Å². The minimum atomic E-state index is -0.362. The average molecular weight is 302 g/mol. The van der Waals surface area contributed by atoms with Crippen molar-refractivity contribution >= 4 is 11.6 Å². The Morgan fingerprint density at radius 1 is 1.32 bits per heavy atom. The quantitative estimate of drug-likeness (QED) is 0.815. The van der Waals surface area contributed by atoms with E-state index >= 15 is 0 Å². The van der Waals surface area contributed by atoms with E-state index in [0.29, 0.717) is 17.4 Å². The molecule has 1 aliphatic heterocycles. The Morgan fingerprint density at radius 2 is 2.14 bits per heavy atom. The zero-order valence-corrected chi connectivity index (χ0v) is 13.3. The molecule has 2 aromatic heterocycles. The molecule has 3 rings (SSSR count). The summed E-state index contributed by atoms with van der Waals surface area (Å²) in [6, 6.07) is 6.05. The monoisotopic (exact) mass is 302 g/mol. The summed E-state index contributed by atoms with van der Waals surface area (Å²) in [4.78, 5) is 14.5. The van der Waals surface area contributed by atoms with E-state index in [1.165, 1.54) is 20.0 Å². The van der Waals surface area contributed by atoms with Crippen LogP contribution in [0, 0.1) is 0 Å². The fourth-order valence-corrected chi connectivity index (χ4v) is 3.29. The van der Waals surface area contributed by atoms with Crippen molar-refractivity contribution in [3.05, 3.63) is 29.7 Å². The number of carbonyl (C=O) groups excluding carboxylic acids is 1. The summed E-state index contributed by atoms with van der Waals surface area (Å²) in [6.45, 7) is 5.45. The Kier molecular flexibility index (Phi) is 4.11. The lowest BCUT2D eigenvalue weighted by Crippen LogP contribution is -2.39. The van der Waals surface area contributed by atoms with Crippen LogP contribution in [-0.2, 0) is 4.74 Å². The van der Waals surface area contributed by atoms with Gasteiger partial charge in [0.25, 0.3) is 0 Å². The van der Waals surface area contributed by atoms with Crippen LogP contribution in [-0.4, -0.2) is 45.2 Å². The third kappa shape index (κ3) is 2.47. The molecule has 1 saturated heterocycles. The average Bonchev–Trinajstić information content (AvgIpc) is 2.98. The predicted octanol–water partition coefficient (Wildman–Crippen LogP) is 2.45. The molecular formula is C16H22N4O2. The van der Waals surface area contributed by atoms with Gasteiger partial charge in [0.15, 0.2) is 11.5 Å². The fraction of sp³-hybridized carbons (Fsp3) is 0.562. The largest absolute Gasteiger partial charge is 0.464 e. The van der Waals surface area contributed by atoms with Gasteiger partial charge in [0.1, 0.15) is 5.69 Å². The Labute approximate surface area is 130 Å². The lowest BCUT2D eigenvalue weighted by Gasteiger charge is -2.37. The van der Waals surface area contributed by atoms with E-state index in [9.17, 15) is 4.79 Å². The smallest absolute Gasteiger partial charge is 0.355 e. The van der Waals surface area contributed by atoms with Crippen LogP contribution < -0.4 is 0 Å². The molecule has 1 atom stereocenters. The first-order chi connectivity index (χ1) is 10.6. The summed E-state index contributed by atoms with van der Waals surface area (Å²) in [6.07, 6.45) is 3.41. The molecule has 6 nitrogen and oxygen atoms in total. The summed E-state index contributed by atoms with van der Waals surface area (Å²) in [7, 11) is 1.40. The number of piperidine rings is 1. The number of hydrogen-bond acceptors (Lipinski definition) is 5. The molecule has 0 spiro atoms. The molecule has 0 bridgehead atoms. The third-order valence-electron chi connectivity index (χ3n) is 4.35. The summed E-state index contributed by atoms with van der Waals surface area (Å²) in [5, 5.41) is 8.64. The summed E-state index contributed by atoms with van der Waals surface area (Å²) in [5.74, 6) is 0.475. The van der Waals surface area contributed by atoms with Crippen molar-refractivity contribution in [2.75, 3.05) is 13.7 Å². The Morgan fingerprint density at radius 3 is 2.86 bits per heavy atom. The van der Waals surface area contributed by atoms with Crippen LogP contribution in [0.1, 0.15) is 55.5 Å². The van der Waals surface area contributed by atoms with Crippen molar-refractivity contribution in [3.8, 4) is 0 Å². The minimum Gasteiger partial charge on any atom is -0.464 e. The van der Waals surface area contributed by atoms with Gasteiger partial charge in [0.2, 0.25) is 0 Å². The molecule has 3 heterocycles. The Hall–Kier alpha value is -1.95. The van der Waals surface area contributed by atoms with Crippen LogP contribution in [0.5, 0.6) is 0 Å². The maximum atomic E-state index is 12.1. The fourth-order valence-electron chi connectivity index (χ4n) is 3.29. The van der Waals surface area contributed by atoms with Crippen LogP contribution >= 0.6 is 0 Å². The van der Waals surface area contributed by atoms with Gasteiger partial charge in [0.05, 0.1) is 13.2 Å². The highest BCUT2D eigenvalue weighted by Crippen LogP contribution is 2.32. The number of aromatic nitrogens is 3. The number of hydrogen-bond donors (Lipinski definition) is 0. The van der Waals surface area contributed by atoms with Crippen molar-refractivity contribution in [1.29, 1.82) is 0 Å². The van der Waals surface area contributed by atoms with Gasteiger partial charge < -0.3 is 4.74 Å². The van der Waals surface area contributed by atoms with Gasteiger partial charge in [-0.2, -0.15) is 0 Å². The number of rotatable bonds is 3. The number of nitrogens with zero attached hydrogens (tertiary/aromatic N) is 4. The van der Waals surface area contributed by atoms with Gasteiger partial charge in [-0.05, 0) is 45.4 Å². The van der Waals surface area contributed by atoms with Crippen molar-refractivity contribution in [2.24, 2.45) is 0 Å². The van der Waals surface area contributed by atoms with E-state index in [4.69, 9.17) is 4.74 Å². The van der Waals surface area contributed by atoms with Crippen LogP contribution in [0.15, 0.2) is 18.2 Å². The van der Waals surface area contributed by atoms with Gasteiger partial charge >= 0.3 is 5.97 Å². The molecule has 6 heteroatoms. The predicted molar refractivity (Wildman–Crippen MR) is 82.8 cm³/mol. The summed E-state index contributed by atoms with van der Waals surface area (Å²) < 4.78 is 6.75. The molecule has 118 valence electrons. The van der Waals surface area contributed by atoms with Gasteiger partial charge in [0, 0.05) is 6.04 Å². The zero-order valence-electron chi connectivity index (χ0n) is 13.3.